The van der Waals surface area contributed by atoms with Crippen LogP contribution in [0, 0.1) is 17.7 Å². The van der Waals surface area contributed by atoms with Crippen LogP contribution in [-0.2, 0) is 24.3 Å². The summed E-state index contributed by atoms with van der Waals surface area (Å²) >= 11 is 0. The van der Waals surface area contributed by atoms with Gasteiger partial charge in [-0.25, -0.2) is 22.3 Å². The van der Waals surface area contributed by atoms with E-state index in [0.717, 1.165) is 32.0 Å². The average Bonchev–Trinajstić information content (AvgIpc) is 3.75. The number of sulfonamides is 1. The molecule has 0 bridgehead atoms. The van der Waals surface area contributed by atoms with E-state index in [0.29, 0.717) is 37.1 Å². The normalized spacial score (nSPS) is 29.3. The van der Waals surface area contributed by atoms with E-state index in [9.17, 15) is 27.5 Å². The van der Waals surface area contributed by atoms with Crippen molar-refractivity contribution in [2.24, 2.45) is 11.8 Å². The summed E-state index contributed by atoms with van der Waals surface area (Å²) in [6, 6.07) is 3.73. The number of piperazine rings is 1. The maximum Gasteiger partial charge on any atom is 0.410 e. The number of hydrogen-bond donors (Lipinski definition) is 2. The lowest BCUT2D eigenvalue weighted by Crippen LogP contribution is -2.48. The summed E-state index contributed by atoms with van der Waals surface area (Å²) < 4.78 is 54.1. The lowest BCUT2D eigenvalue weighted by atomic mass is 9.91. The first-order valence-corrected chi connectivity index (χ1v) is 16.5. The highest BCUT2D eigenvalue weighted by Gasteiger charge is 2.31. The Morgan fingerprint density at radius 1 is 1.12 bits per heavy atom. The lowest BCUT2D eigenvalue weighted by molar-refractivity contribution is -0.151. The van der Waals surface area contributed by atoms with Crippen molar-refractivity contribution < 1.29 is 37.0 Å². The van der Waals surface area contributed by atoms with Gasteiger partial charge >= 0.3 is 12.1 Å². The zero-order valence-corrected chi connectivity index (χ0v) is 26.2. The second-order valence-corrected chi connectivity index (χ2v) is 13.9. The highest BCUT2D eigenvalue weighted by Crippen LogP contribution is 2.27. The molecule has 4 rings (SSSR count). The molecule has 1 aliphatic carbocycles. The number of amides is 1. The molecule has 5 atom stereocenters. The van der Waals surface area contributed by atoms with E-state index in [1.165, 1.54) is 12.1 Å². The zero-order valence-electron chi connectivity index (χ0n) is 25.4. The van der Waals surface area contributed by atoms with Gasteiger partial charge in [-0.1, -0.05) is 32.1 Å². The van der Waals surface area contributed by atoms with E-state index in [2.05, 4.69) is 9.62 Å². The summed E-state index contributed by atoms with van der Waals surface area (Å²) in [4.78, 5) is 29.2. The van der Waals surface area contributed by atoms with Crippen LogP contribution in [0.1, 0.15) is 58.4 Å². The first-order valence-electron chi connectivity index (χ1n) is 15.0. The summed E-state index contributed by atoms with van der Waals surface area (Å²) in [5.74, 6) is -1.90. The largest absolute Gasteiger partial charge is 0.457 e. The smallest absolute Gasteiger partial charge is 0.410 e. The monoisotopic (exact) mass is 621 g/mol. The van der Waals surface area contributed by atoms with Crippen LogP contribution in [0.3, 0.4) is 0 Å². The molecule has 2 aliphatic heterocycles. The summed E-state index contributed by atoms with van der Waals surface area (Å²) in [5.41, 5.74) is 1.01. The van der Waals surface area contributed by atoms with E-state index in [1.807, 2.05) is 33.0 Å². The minimum atomic E-state index is -3.95. The molecule has 0 radical (unpaired) electrons. The van der Waals surface area contributed by atoms with Gasteiger partial charge in [-0.05, 0) is 74.9 Å². The molecule has 2 fully saturated rings. The van der Waals surface area contributed by atoms with Gasteiger partial charge in [0.05, 0.1) is 12.5 Å². The van der Waals surface area contributed by atoms with Crippen molar-refractivity contribution in [3.63, 3.8) is 0 Å². The fourth-order valence-electron chi connectivity index (χ4n) is 5.28. The van der Waals surface area contributed by atoms with Crippen molar-refractivity contribution in [1.82, 2.24) is 14.5 Å². The molecule has 0 unspecified atom stereocenters. The summed E-state index contributed by atoms with van der Waals surface area (Å²) in [5, 5.41) is 10.5. The van der Waals surface area contributed by atoms with E-state index in [4.69, 9.17) is 9.47 Å². The third kappa shape index (κ3) is 9.34. The fourth-order valence-corrected chi connectivity index (χ4v) is 6.65. The van der Waals surface area contributed by atoms with Crippen LogP contribution in [0.25, 0.3) is 6.08 Å². The van der Waals surface area contributed by atoms with Crippen molar-refractivity contribution in [3.05, 3.63) is 47.3 Å². The molecule has 12 heteroatoms. The standard InChI is InChI=1S/C31H44FN3O7S/c1-20-5-10-25(36)19-29(37)42-30(21(2)6-11-27(20)41-31(38)35-15-13-34(4)14-16-35)22(3)17-23-7-12-28(26(32)18-23)43(39,40)33-24-8-9-24/h6-7,11-12,17-18,20-21,24-25,27,30,33,36H,5,8-10,13-16,19H2,1-4H3/b11-6-,22-17+/t20-,21-,25+,27-,30-/m0/s1. The molecule has 2 N–H and O–H groups in total. The predicted octanol–water partition coefficient (Wildman–Crippen LogP) is 3.71. The third-order valence-corrected chi connectivity index (χ3v) is 9.80. The van der Waals surface area contributed by atoms with Gasteiger partial charge in [0, 0.05) is 38.1 Å². The van der Waals surface area contributed by atoms with Crippen LogP contribution in [0.2, 0.25) is 0 Å². The van der Waals surface area contributed by atoms with E-state index in [1.54, 1.807) is 17.9 Å². The number of likely N-dealkylation sites (N-methyl/N-ethyl adjacent to an activating group) is 1. The number of hydrogen-bond acceptors (Lipinski definition) is 8. The highest BCUT2D eigenvalue weighted by molar-refractivity contribution is 7.89. The van der Waals surface area contributed by atoms with Crippen LogP contribution >= 0.6 is 0 Å². The van der Waals surface area contributed by atoms with Gasteiger partial charge in [0.25, 0.3) is 0 Å². The van der Waals surface area contributed by atoms with Crippen molar-refractivity contribution >= 4 is 28.2 Å². The van der Waals surface area contributed by atoms with Crippen LogP contribution in [-0.4, -0.2) is 93.0 Å². The van der Waals surface area contributed by atoms with E-state index >= 15 is 0 Å². The van der Waals surface area contributed by atoms with E-state index in [-0.39, 0.29) is 30.4 Å². The zero-order chi connectivity index (χ0) is 31.3. The molecule has 1 aromatic rings. The molecule has 1 saturated heterocycles. The molecule has 43 heavy (non-hydrogen) atoms. The highest BCUT2D eigenvalue weighted by atomic mass is 32.2. The molecule has 0 spiro atoms. The molecule has 1 amide bonds. The maximum atomic E-state index is 14.9. The minimum Gasteiger partial charge on any atom is -0.457 e. The fraction of sp³-hybridized carbons (Fsp3) is 0.613. The number of aliphatic hydroxyl groups excluding tert-OH is 1. The third-order valence-electron chi connectivity index (χ3n) is 8.24. The maximum absolute atomic E-state index is 14.9. The number of ether oxygens (including phenoxy) is 2. The summed E-state index contributed by atoms with van der Waals surface area (Å²) in [6.07, 6.45) is 4.89. The Bertz CT molecular complexity index is 1320. The molecular weight excluding hydrogens is 577 g/mol. The summed E-state index contributed by atoms with van der Waals surface area (Å²) in [6.45, 7) is 8.27. The first-order chi connectivity index (χ1) is 20.3. The topological polar surface area (TPSA) is 125 Å². The number of nitrogens with one attached hydrogen (secondary N) is 1. The molecule has 2 heterocycles. The lowest BCUT2D eigenvalue weighted by Gasteiger charge is -2.33. The van der Waals surface area contributed by atoms with E-state index < -0.39 is 45.0 Å². The van der Waals surface area contributed by atoms with Gasteiger partial charge in [0.15, 0.2) is 0 Å². The minimum absolute atomic E-state index is 0.104. The van der Waals surface area contributed by atoms with Crippen molar-refractivity contribution in [2.75, 3.05) is 33.2 Å². The van der Waals surface area contributed by atoms with Crippen molar-refractivity contribution in [1.29, 1.82) is 0 Å². The van der Waals surface area contributed by atoms with Gasteiger partial charge in [-0.15, -0.1) is 0 Å². The Balaban J connectivity index is 1.54. The number of carbonyl (C=O) groups excluding carboxylic acids is 2. The molecular formula is C31H44FN3O7S. The van der Waals surface area contributed by atoms with Crippen LogP contribution in [0.5, 0.6) is 0 Å². The van der Waals surface area contributed by atoms with Gasteiger partial charge in [-0.2, -0.15) is 0 Å². The molecule has 0 aromatic heterocycles. The number of esters is 1. The first kappa shape index (κ1) is 33.1. The quantitative estimate of drug-likeness (QED) is 0.364. The summed E-state index contributed by atoms with van der Waals surface area (Å²) in [7, 11) is -1.94. The molecule has 1 saturated carbocycles. The van der Waals surface area contributed by atoms with Crippen LogP contribution < -0.4 is 4.72 Å². The van der Waals surface area contributed by atoms with Gasteiger partial charge in [0.2, 0.25) is 10.0 Å². The molecule has 238 valence electrons. The number of halogens is 1. The second kappa shape index (κ2) is 14.3. The molecule has 3 aliphatic rings. The second-order valence-electron chi connectivity index (χ2n) is 12.2. The van der Waals surface area contributed by atoms with Gasteiger partial charge in [0.1, 0.15) is 22.9 Å². The number of carbonyl (C=O) groups is 2. The van der Waals surface area contributed by atoms with Crippen molar-refractivity contribution in [3.8, 4) is 0 Å². The Labute approximate surface area is 253 Å². The number of benzene rings is 1. The Morgan fingerprint density at radius 2 is 1.81 bits per heavy atom. The molecule has 10 nitrogen and oxygen atoms in total. The number of aliphatic hydroxyl groups is 1. The Kier molecular flexibility index (Phi) is 11.0. The van der Waals surface area contributed by atoms with Crippen LogP contribution in [0.4, 0.5) is 9.18 Å². The average molecular weight is 622 g/mol. The predicted molar refractivity (Wildman–Crippen MR) is 160 cm³/mol. The van der Waals surface area contributed by atoms with Gasteiger partial charge in [-0.3, -0.25) is 4.79 Å². The van der Waals surface area contributed by atoms with Crippen molar-refractivity contribution in [2.45, 2.75) is 82.1 Å². The number of cyclic esters (lactones) is 1. The SMILES string of the molecule is C/C(=C\c1ccc(S(=O)(=O)NC2CC2)c(F)c1)[C@H]1OC(=O)C[C@H](O)CC[C@H](C)[C@@H](OC(=O)N2CCN(C)CC2)/C=C\[C@@H]1C. The Morgan fingerprint density at radius 3 is 2.47 bits per heavy atom. The number of rotatable bonds is 6. The molecule has 1 aromatic carbocycles. The number of nitrogens with zero attached hydrogens (tertiary/aromatic N) is 2. The Hall–Kier alpha value is -2.80. The van der Waals surface area contributed by atoms with Crippen LogP contribution in [0.15, 0.2) is 40.8 Å². The van der Waals surface area contributed by atoms with Gasteiger partial charge < -0.3 is 24.4 Å².